The average Bonchev–Trinajstić information content (AvgIpc) is 2.36. The molecule has 5 heteroatoms. The fourth-order valence-corrected chi connectivity index (χ4v) is 1.79. The molecule has 0 bridgehead atoms. The van der Waals surface area contributed by atoms with Crippen molar-refractivity contribution >= 4 is 5.97 Å². The fourth-order valence-electron chi connectivity index (χ4n) is 1.79. The largest absolute Gasteiger partial charge is 0.492 e. The van der Waals surface area contributed by atoms with Crippen LogP contribution in [0.5, 0.6) is 17.2 Å². The molecule has 1 atom stereocenters. The Hall–Kier alpha value is -1.91. The van der Waals surface area contributed by atoms with Crippen molar-refractivity contribution in [3.05, 3.63) is 17.7 Å². The summed E-state index contributed by atoms with van der Waals surface area (Å²) >= 11 is 0. The van der Waals surface area contributed by atoms with E-state index in [4.69, 9.17) is 19.3 Å². The average molecular weight is 238 g/mol. The first kappa shape index (κ1) is 11.6. The van der Waals surface area contributed by atoms with Crippen molar-refractivity contribution in [3.63, 3.8) is 0 Å². The number of fused-ring (bicyclic) bond motifs is 1. The third kappa shape index (κ3) is 2.00. The number of methoxy groups -OCH3 is 1. The summed E-state index contributed by atoms with van der Waals surface area (Å²) in [6.07, 6.45) is 0. The summed E-state index contributed by atoms with van der Waals surface area (Å²) in [5.41, 5.74) is 0.587. The van der Waals surface area contributed by atoms with E-state index in [1.165, 1.54) is 7.11 Å². The number of rotatable bonds is 3. The molecule has 0 saturated carbocycles. The van der Waals surface area contributed by atoms with Gasteiger partial charge in [0.05, 0.1) is 13.0 Å². The highest BCUT2D eigenvalue weighted by atomic mass is 16.6. The van der Waals surface area contributed by atoms with Crippen LogP contribution in [-0.4, -0.2) is 31.4 Å². The predicted octanol–water partition coefficient (Wildman–Crippen LogP) is 1.65. The summed E-state index contributed by atoms with van der Waals surface area (Å²) in [4.78, 5) is 11.0. The van der Waals surface area contributed by atoms with Crippen LogP contribution in [0.1, 0.15) is 18.4 Å². The Morgan fingerprint density at radius 2 is 2.12 bits per heavy atom. The number of carboxylic acids is 1. The van der Waals surface area contributed by atoms with Gasteiger partial charge in [-0.1, -0.05) is 6.07 Å². The number of ether oxygens (including phenoxy) is 3. The van der Waals surface area contributed by atoms with Crippen LogP contribution in [-0.2, 0) is 4.79 Å². The lowest BCUT2D eigenvalue weighted by atomic mass is 9.99. The van der Waals surface area contributed by atoms with Crippen molar-refractivity contribution in [2.24, 2.45) is 0 Å². The number of benzene rings is 1. The molecule has 0 spiro atoms. The maximum absolute atomic E-state index is 11.0. The molecule has 0 radical (unpaired) electrons. The SMILES string of the molecule is COc1c(C(C)C(=O)O)ccc2c1OCCO2. The highest BCUT2D eigenvalue weighted by Crippen LogP contribution is 2.44. The topological polar surface area (TPSA) is 65.0 Å². The van der Waals surface area contributed by atoms with E-state index in [1.54, 1.807) is 19.1 Å². The zero-order chi connectivity index (χ0) is 12.4. The molecule has 0 fully saturated rings. The Morgan fingerprint density at radius 3 is 2.76 bits per heavy atom. The molecule has 17 heavy (non-hydrogen) atoms. The Labute approximate surface area is 98.9 Å². The maximum atomic E-state index is 11.0. The molecular formula is C12H14O5. The second-order valence-electron chi connectivity index (χ2n) is 3.77. The van der Waals surface area contributed by atoms with Gasteiger partial charge in [-0.3, -0.25) is 4.79 Å². The standard InChI is InChI=1S/C12H14O5/c1-7(12(13)14)8-3-4-9-11(10(8)15-2)17-6-5-16-9/h3-4,7H,5-6H2,1-2H3,(H,13,14). The first-order valence-electron chi connectivity index (χ1n) is 5.34. The Bertz CT molecular complexity index is 441. The third-order valence-electron chi connectivity index (χ3n) is 2.73. The van der Waals surface area contributed by atoms with Crippen LogP contribution in [0, 0.1) is 0 Å². The van der Waals surface area contributed by atoms with Crippen LogP contribution >= 0.6 is 0 Å². The van der Waals surface area contributed by atoms with Gasteiger partial charge in [0.25, 0.3) is 0 Å². The van der Waals surface area contributed by atoms with Crippen molar-refractivity contribution < 1.29 is 24.1 Å². The van der Waals surface area contributed by atoms with Crippen LogP contribution in [0.4, 0.5) is 0 Å². The first-order chi connectivity index (χ1) is 8.15. The minimum Gasteiger partial charge on any atom is -0.492 e. The monoisotopic (exact) mass is 238 g/mol. The quantitative estimate of drug-likeness (QED) is 0.867. The van der Waals surface area contributed by atoms with Gasteiger partial charge in [-0.25, -0.2) is 0 Å². The van der Waals surface area contributed by atoms with Gasteiger partial charge >= 0.3 is 5.97 Å². The van der Waals surface area contributed by atoms with Gasteiger partial charge in [0.15, 0.2) is 11.5 Å². The highest BCUT2D eigenvalue weighted by molar-refractivity contribution is 5.78. The molecule has 1 aliphatic heterocycles. The van der Waals surface area contributed by atoms with Gasteiger partial charge in [0, 0.05) is 5.56 Å². The molecule has 0 aliphatic carbocycles. The number of aliphatic carboxylic acids is 1. The summed E-state index contributed by atoms with van der Waals surface area (Å²) in [6, 6.07) is 3.41. The molecule has 1 aromatic rings. The Kier molecular flexibility index (Phi) is 3.08. The number of carbonyl (C=O) groups is 1. The Morgan fingerprint density at radius 1 is 1.41 bits per heavy atom. The third-order valence-corrected chi connectivity index (χ3v) is 2.73. The van der Waals surface area contributed by atoms with E-state index < -0.39 is 11.9 Å². The number of carboxylic acid groups (broad SMARTS) is 1. The van der Waals surface area contributed by atoms with Crippen LogP contribution < -0.4 is 14.2 Å². The van der Waals surface area contributed by atoms with E-state index in [1.807, 2.05) is 0 Å². The van der Waals surface area contributed by atoms with Crippen molar-refractivity contribution in [2.75, 3.05) is 20.3 Å². The molecule has 0 aromatic heterocycles. The van der Waals surface area contributed by atoms with Crippen molar-refractivity contribution in [1.82, 2.24) is 0 Å². The normalized spacial score (nSPS) is 15.2. The lowest BCUT2D eigenvalue weighted by Crippen LogP contribution is -2.17. The molecule has 2 rings (SSSR count). The summed E-state index contributed by atoms with van der Waals surface area (Å²) in [7, 11) is 1.49. The van der Waals surface area contributed by atoms with Crippen LogP contribution in [0.3, 0.4) is 0 Å². The summed E-state index contributed by atoms with van der Waals surface area (Å²) in [5.74, 6) is -0.0309. The first-order valence-corrected chi connectivity index (χ1v) is 5.34. The van der Waals surface area contributed by atoms with Crippen LogP contribution in [0.15, 0.2) is 12.1 Å². The van der Waals surface area contributed by atoms with E-state index in [2.05, 4.69) is 0 Å². The van der Waals surface area contributed by atoms with Gasteiger partial charge in [0.1, 0.15) is 13.2 Å². The van der Waals surface area contributed by atoms with Gasteiger partial charge in [0.2, 0.25) is 5.75 Å². The van der Waals surface area contributed by atoms with E-state index in [-0.39, 0.29) is 0 Å². The Balaban J connectivity index is 2.50. The second-order valence-corrected chi connectivity index (χ2v) is 3.77. The molecule has 0 amide bonds. The second kappa shape index (κ2) is 4.53. The van der Waals surface area contributed by atoms with Crippen LogP contribution in [0.2, 0.25) is 0 Å². The molecule has 1 unspecified atom stereocenters. The van der Waals surface area contributed by atoms with Crippen molar-refractivity contribution in [2.45, 2.75) is 12.8 Å². The fraction of sp³-hybridized carbons (Fsp3) is 0.417. The number of hydrogen-bond acceptors (Lipinski definition) is 4. The van der Waals surface area contributed by atoms with Gasteiger partial charge in [-0.15, -0.1) is 0 Å². The van der Waals surface area contributed by atoms with Gasteiger partial charge in [-0.05, 0) is 13.0 Å². The molecule has 1 N–H and O–H groups in total. The number of hydrogen-bond donors (Lipinski definition) is 1. The van der Waals surface area contributed by atoms with E-state index >= 15 is 0 Å². The highest BCUT2D eigenvalue weighted by Gasteiger charge is 2.25. The molecule has 1 aliphatic rings. The molecule has 1 aromatic carbocycles. The molecule has 1 heterocycles. The molecule has 5 nitrogen and oxygen atoms in total. The minimum absolute atomic E-state index is 0.439. The lowest BCUT2D eigenvalue weighted by Gasteiger charge is -2.23. The van der Waals surface area contributed by atoms with E-state index in [0.29, 0.717) is 36.0 Å². The smallest absolute Gasteiger partial charge is 0.310 e. The summed E-state index contributed by atoms with van der Waals surface area (Å²) in [6.45, 7) is 2.54. The zero-order valence-electron chi connectivity index (χ0n) is 9.73. The maximum Gasteiger partial charge on any atom is 0.310 e. The van der Waals surface area contributed by atoms with E-state index in [0.717, 1.165) is 0 Å². The summed E-state index contributed by atoms with van der Waals surface area (Å²) < 4.78 is 16.1. The van der Waals surface area contributed by atoms with E-state index in [9.17, 15) is 4.79 Å². The minimum atomic E-state index is -0.903. The summed E-state index contributed by atoms with van der Waals surface area (Å²) in [5, 5.41) is 9.03. The molecule has 92 valence electrons. The zero-order valence-corrected chi connectivity index (χ0v) is 9.73. The molecular weight excluding hydrogens is 224 g/mol. The lowest BCUT2D eigenvalue weighted by molar-refractivity contribution is -0.138. The molecule has 0 saturated heterocycles. The van der Waals surface area contributed by atoms with Gasteiger partial charge in [-0.2, -0.15) is 0 Å². The van der Waals surface area contributed by atoms with Gasteiger partial charge < -0.3 is 19.3 Å². The van der Waals surface area contributed by atoms with Crippen molar-refractivity contribution in [1.29, 1.82) is 0 Å². The van der Waals surface area contributed by atoms with Crippen molar-refractivity contribution in [3.8, 4) is 17.2 Å². The predicted molar refractivity (Wildman–Crippen MR) is 60.0 cm³/mol. The van der Waals surface area contributed by atoms with Crippen LogP contribution in [0.25, 0.3) is 0 Å².